The van der Waals surface area contributed by atoms with Gasteiger partial charge in [-0.05, 0) is 113 Å². The Kier molecular flexibility index (Phi) is 8.68. The van der Waals surface area contributed by atoms with Crippen LogP contribution in [0.5, 0.6) is 5.75 Å². The second-order valence-corrected chi connectivity index (χ2v) is 14.3. The minimum Gasteiger partial charge on any atom is -0.491 e. The van der Waals surface area contributed by atoms with E-state index in [0.717, 1.165) is 37.9 Å². The first-order chi connectivity index (χ1) is 21.8. The van der Waals surface area contributed by atoms with Gasteiger partial charge >= 0.3 is 0 Å². The summed E-state index contributed by atoms with van der Waals surface area (Å²) in [6, 6.07) is 8.12. The van der Waals surface area contributed by atoms with Gasteiger partial charge in [0.05, 0.1) is 22.8 Å². The van der Waals surface area contributed by atoms with Crippen LogP contribution in [0.3, 0.4) is 0 Å². The summed E-state index contributed by atoms with van der Waals surface area (Å²) in [6.07, 6.45) is 13.9. The first-order valence-corrected chi connectivity index (χ1v) is 16.7. The van der Waals surface area contributed by atoms with Gasteiger partial charge in [-0.3, -0.25) is 9.69 Å². The maximum Gasteiger partial charge on any atom is 0.248 e. The summed E-state index contributed by atoms with van der Waals surface area (Å²) in [4.78, 5) is 26.9. The molecule has 1 spiro atoms. The molecule has 0 radical (unpaired) electrons. The number of ether oxygens (including phenoxy) is 1. The van der Waals surface area contributed by atoms with Gasteiger partial charge in [-0.15, -0.1) is 0 Å². The molecule has 2 saturated carbocycles. The fourth-order valence-electron chi connectivity index (χ4n) is 7.93. The van der Waals surface area contributed by atoms with Gasteiger partial charge in [-0.2, -0.15) is 0 Å². The number of hydrogen-bond acceptors (Lipinski definition) is 7. The molecule has 2 bridgehead atoms. The molecule has 0 unspecified atom stereocenters. The first-order valence-electron chi connectivity index (χ1n) is 16.3. The van der Waals surface area contributed by atoms with Gasteiger partial charge in [0.25, 0.3) is 0 Å². The third kappa shape index (κ3) is 6.95. The lowest BCUT2D eigenvalue weighted by atomic mass is 9.57. The van der Waals surface area contributed by atoms with E-state index in [1.54, 1.807) is 12.1 Å². The molecule has 2 aromatic carbocycles. The van der Waals surface area contributed by atoms with Crippen molar-refractivity contribution in [3.05, 3.63) is 59.7 Å². The smallest absolute Gasteiger partial charge is 0.248 e. The first kappa shape index (κ1) is 30.4. The van der Waals surface area contributed by atoms with Crippen LogP contribution in [-0.2, 0) is 4.79 Å². The molecule has 1 amide bonds. The summed E-state index contributed by atoms with van der Waals surface area (Å²) < 4.78 is 20.1. The van der Waals surface area contributed by atoms with Gasteiger partial charge in [0.1, 0.15) is 23.7 Å². The fraction of sp³-hybridized carbons (Fsp3) is 0.514. The van der Waals surface area contributed by atoms with Crippen LogP contribution >= 0.6 is 11.6 Å². The summed E-state index contributed by atoms with van der Waals surface area (Å²) in [5, 5.41) is 6.99. The van der Waals surface area contributed by atoms with Gasteiger partial charge in [0, 0.05) is 42.9 Å². The van der Waals surface area contributed by atoms with Crippen LogP contribution in [0.1, 0.15) is 44.9 Å². The highest BCUT2D eigenvalue weighted by Gasteiger charge is 2.44. The molecule has 3 saturated heterocycles. The quantitative estimate of drug-likeness (QED) is 0.236. The SMILES string of the molecule is CN1CCC2(CC1)CC(CCOc1cc3ncnc(Nc4ccc(F)c(Cl)c4)c3cc1NC(=O)/C=C/CN1CC3CC(C3)C1)C2. The van der Waals surface area contributed by atoms with Crippen molar-refractivity contribution in [3.8, 4) is 5.75 Å². The minimum absolute atomic E-state index is 0.0172. The average Bonchev–Trinajstić information content (AvgIpc) is 2.99. The lowest BCUT2D eigenvalue weighted by Gasteiger charge is -2.52. The maximum absolute atomic E-state index is 13.8. The summed E-state index contributed by atoms with van der Waals surface area (Å²) in [5.41, 5.74) is 2.36. The number of piperidine rings is 3. The Morgan fingerprint density at radius 3 is 2.67 bits per heavy atom. The number of anilines is 3. The topological polar surface area (TPSA) is 82.6 Å². The molecule has 4 heterocycles. The van der Waals surface area contributed by atoms with Crippen LogP contribution in [0.4, 0.5) is 21.6 Å². The molecule has 2 aliphatic carbocycles. The summed E-state index contributed by atoms with van der Waals surface area (Å²) in [7, 11) is 2.21. The Labute approximate surface area is 269 Å². The molecule has 0 atom stereocenters. The van der Waals surface area contributed by atoms with Crippen molar-refractivity contribution in [2.24, 2.45) is 23.2 Å². The van der Waals surface area contributed by atoms with E-state index in [1.165, 1.54) is 70.1 Å². The van der Waals surface area contributed by atoms with Crippen molar-refractivity contribution in [2.45, 2.75) is 44.9 Å². The number of carbonyl (C=O) groups excluding carboxylic acids is 1. The van der Waals surface area contributed by atoms with Gasteiger partial charge in [0.15, 0.2) is 0 Å². The van der Waals surface area contributed by atoms with Crippen molar-refractivity contribution in [1.29, 1.82) is 0 Å². The number of nitrogens with zero attached hydrogens (tertiary/aromatic N) is 4. The molecule has 3 aromatic rings. The highest BCUT2D eigenvalue weighted by molar-refractivity contribution is 6.31. The van der Waals surface area contributed by atoms with Crippen molar-refractivity contribution < 1.29 is 13.9 Å². The normalized spacial score (nSPS) is 23.2. The zero-order valence-corrected chi connectivity index (χ0v) is 26.7. The Balaban J connectivity index is 1.06. The number of fused-ring (bicyclic) bond motifs is 3. The molecular formula is C35H42ClFN6O2. The molecule has 8 rings (SSSR count). The lowest BCUT2D eigenvalue weighted by molar-refractivity contribution is -0.111. The number of benzene rings is 2. The Morgan fingerprint density at radius 2 is 1.91 bits per heavy atom. The van der Waals surface area contributed by atoms with Gasteiger partial charge in [0.2, 0.25) is 5.91 Å². The van der Waals surface area contributed by atoms with Crippen LogP contribution in [0.15, 0.2) is 48.8 Å². The van der Waals surface area contributed by atoms with E-state index in [2.05, 4.69) is 37.4 Å². The van der Waals surface area contributed by atoms with Gasteiger partial charge in [-0.1, -0.05) is 17.7 Å². The largest absolute Gasteiger partial charge is 0.491 e. The highest BCUT2D eigenvalue weighted by atomic mass is 35.5. The molecular weight excluding hydrogens is 591 g/mol. The molecule has 238 valence electrons. The second kappa shape index (κ2) is 12.9. The molecule has 2 N–H and O–H groups in total. The number of hydrogen-bond donors (Lipinski definition) is 2. The lowest BCUT2D eigenvalue weighted by Crippen LogP contribution is -2.48. The summed E-state index contributed by atoms with van der Waals surface area (Å²) >= 11 is 6.01. The summed E-state index contributed by atoms with van der Waals surface area (Å²) in [5.74, 6) is 2.74. The number of amides is 1. The molecule has 8 nitrogen and oxygen atoms in total. The minimum atomic E-state index is -0.491. The molecule has 10 heteroatoms. The van der Waals surface area contributed by atoms with Gasteiger partial charge in [-0.25, -0.2) is 14.4 Å². The number of aromatic nitrogens is 2. The second-order valence-electron chi connectivity index (χ2n) is 13.9. The van der Waals surface area contributed by atoms with Crippen molar-refractivity contribution in [3.63, 3.8) is 0 Å². The number of carbonyl (C=O) groups is 1. The highest BCUT2D eigenvalue weighted by Crippen LogP contribution is 2.53. The van der Waals surface area contributed by atoms with Crippen LogP contribution in [-0.4, -0.2) is 72.1 Å². The van der Waals surface area contributed by atoms with Gasteiger partial charge < -0.3 is 20.3 Å². The number of rotatable bonds is 10. The van der Waals surface area contributed by atoms with Crippen LogP contribution in [0.2, 0.25) is 5.02 Å². The van der Waals surface area contributed by atoms with E-state index in [-0.39, 0.29) is 10.9 Å². The number of halogens is 2. The van der Waals surface area contributed by atoms with E-state index in [4.69, 9.17) is 16.3 Å². The van der Waals surface area contributed by atoms with E-state index in [1.807, 2.05) is 18.2 Å². The Hall–Kier alpha value is -3.27. The number of nitrogens with one attached hydrogen (secondary N) is 2. The number of likely N-dealkylation sites (tertiary alicyclic amines) is 1. The molecule has 3 aliphatic heterocycles. The van der Waals surface area contributed by atoms with Crippen molar-refractivity contribution in [1.82, 2.24) is 19.8 Å². The van der Waals surface area contributed by atoms with E-state index in [9.17, 15) is 9.18 Å². The molecule has 1 aromatic heterocycles. The third-order valence-electron chi connectivity index (χ3n) is 10.5. The standard InChI is InChI=1S/C35H42ClFN6O2/c1-42-10-7-35(8-11-42)18-23(19-35)6-12-45-32-17-30-27(34(39-22-38-30)40-26-4-5-29(37)28(36)15-26)16-31(32)41-33(44)3-2-9-43-20-24-13-25(14-24)21-43/h2-5,15-17,22-25H,6-14,18-21H2,1H3,(H,41,44)(H,38,39,40)/b3-2+. The van der Waals surface area contributed by atoms with E-state index < -0.39 is 5.82 Å². The molecule has 45 heavy (non-hydrogen) atoms. The van der Waals surface area contributed by atoms with Crippen molar-refractivity contribution >= 4 is 45.6 Å². The predicted octanol–water partition coefficient (Wildman–Crippen LogP) is 6.89. The maximum atomic E-state index is 13.8. The van der Waals surface area contributed by atoms with Crippen molar-refractivity contribution in [2.75, 3.05) is 57.0 Å². The monoisotopic (exact) mass is 632 g/mol. The van der Waals surface area contributed by atoms with E-state index >= 15 is 0 Å². The van der Waals surface area contributed by atoms with Crippen LogP contribution in [0, 0.1) is 29.0 Å². The Bertz CT molecular complexity index is 1570. The average molecular weight is 633 g/mol. The zero-order chi connectivity index (χ0) is 31.0. The molecule has 5 fully saturated rings. The fourth-order valence-corrected chi connectivity index (χ4v) is 8.11. The molecule has 5 aliphatic rings. The zero-order valence-electron chi connectivity index (χ0n) is 25.9. The third-order valence-corrected chi connectivity index (χ3v) is 10.7. The predicted molar refractivity (Wildman–Crippen MR) is 177 cm³/mol. The summed E-state index contributed by atoms with van der Waals surface area (Å²) in [6.45, 7) is 6.00. The van der Waals surface area contributed by atoms with E-state index in [0.29, 0.717) is 51.8 Å². The van der Waals surface area contributed by atoms with Crippen LogP contribution in [0.25, 0.3) is 10.9 Å². The Morgan fingerprint density at radius 1 is 1.13 bits per heavy atom. The van der Waals surface area contributed by atoms with Crippen LogP contribution < -0.4 is 15.4 Å².